The minimum absolute atomic E-state index is 0.202. The fraction of sp³-hybridized carbons (Fsp3) is 0.600. The number of nitrogens with zero attached hydrogens (tertiary/aromatic N) is 1. The molecule has 0 unspecified atom stereocenters. The molecule has 1 saturated heterocycles. The maximum atomic E-state index is 13.8. The molecule has 0 radical (unpaired) electrons. The van der Waals surface area contributed by atoms with Gasteiger partial charge < -0.3 is 19.7 Å². The molecule has 1 aromatic carbocycles. The maximum absolute atomic E-state index is 13.8. The first kappa shape index (κ1) is 15.1. The Kier molecular flexibility index (Phi) is 5.20. The van der Waals surface area contributed by atoms with Crippen LogP contribution in [0, 0.1) is 12.7 Å². The standard InChI is InChI=1S/C15H23FN2O2/c1-11-10-13(16)15(20-3)14(19-2)12(11)4-7-18-8-5-17-6-9-18/h10,17H,4-9H2,1-3H3. The highest BCUT2D eigenvalue weighted by Crippen LogP contribution is 2.36. The first-order valence-electron chi connectivity index (χ1n) is 7.00. The molecule has 1 aliphatic rings. The van der Waals surface area contributed by atoms with Gasteiger partial charge in [0.2, 0.25) is 0 Å². The van der Waals surface area contributed by atoms with Gasteiger partial charge in [-0.1, -0.05) is 0 Å². The summed E-state index contributed by atoms with van der Waals surface area (Å²) in [5.41, 5.74) is 1.94. The number of hydrogen-bond donors (Lipinski definition) is 1. The van der Waals surface area contributed by atoms with Gasteiger partial charge in [-0.05, 0) is 25.0 Å². The molecule has 4 nitrogen and oxygen atoms in total. The van der Waals surface area contributed by atoms with Crippen LogP contribution in [0.4, 0.5) is 4.39 Å². The van der Waals surface area contributed by atoms with Gasteiger partial charge in [0.15, 0.2) is 17.3 Å². The summed E-state index contributed by atoms with van der Waals surface area (Å²) in [5, 5.41) is 3.34. The number of piperazine rings is 1. The highest BCUT2D eigenvalue weighted by Gasteiger charge is 2.19. The average Bonchev–Trinajstić information content (AvgIpc) is 2.46. The van der Waals surface area contributed by atoms with Gasteiger partial charge in [0.05, 0.1) is 14.2 Å². The summed E-state index contributed by atoms with van der Waals surface area (Å²) in [6, 6.07) is 1.52. The van der Waals surface area contributed by atoms with E-state index < -0.39 is 0 Å². The summed E-state index contributed by atoms with van der Waals surface area (Å²) >= 11 is 0. The van der Waals surface area contributed by atoms with Gasteiger partial charge in [0.25, 0.3) is 0 Å². The van der Waals surface area contributed by atoms with Crippen molar-refractivity contribution < 1.29 is 13.9 Å². The van der Waals surface area contributed by atoms with Gasteiger partial charge >= 0.3 is 0 Å². The van der Waals surface area contributed by atoms with Gasteiger partial charge in [-0.2, -0.15) is 0 Å². The minimum atomic E-state index is -0.368. The Morgan fingerprint density at radius 3 is 2.45 bits per heavy atom. The van der Waals surface area contributed by atoms with E-state index in [1.54, 1.807) is 7.11 Å². The van der Waals surface area contributed by atoms with Crippen LogP contribution in [0.3, 0.4) is 0 Å². The van der Waals surface area contributed by atoms with E-state index in [-0.39, 0.29) is 11.6 Å². The Hall–Kier alpha value is -1.33. The van der Waals surface area contributed by atoms with Crippen LogP contribution < -0.4 is 14.8 Å². The van der Waals surface area contributed by atoms with Crippen molar-refractivity contribution in [2.75, 3.05) is 46.9 Å². The summed E-state index contributed by atoms with van der Waals surface area (Å²) in [5.74, 6) is 0.362. The number of aryl methyl sites for hydroxylation is 1. The number of methoxy groups -OCH3 is 2. The van der Waals surface area contributed by atoms with Gasteiger partial charge in [-0.25, -0.2) is 4.39 Å². The molecule has 0 aliphatic carbocycles. The fourth-order valence-corrected chi connectivity index (χ4v) is 2.69. The minimum Gasteiger partial charge on any atom is -0.492 e. The average molecular weight is 282 g/mol. The molecule has 0 bridgehead atoms. The molecule has 0 atom stereocenters. The number of nitrogens with one attached hydrogen (secondary N) is 1. The van der Waals surface area contributed by atoms with Gasteiger partial charge in [0.1, 0.15) is 0 Å². The Labute approximate surface area is 119 Å². The second kappa shape index (κ2) is 6.90. The number of ether oxygens (including phenoxy) is 2. The maximum Gasteiger partial charge on any atom is 0.197 e. The van der Waals surface area contributed by atoms with Crippen LogP contribution in [-0.4, -0.2) is 51.8 Å². The quantitative estimate of drug-likeness (QED) is 0.889. The molecule has 1 aliphatic heterocycles. The zero-order valence-corrected chi connectivity index (χ0v) is 12.5. The fourth-order valence-electron chi connectivity index (χ4n) is 2.69. The third-order valence-electron chi connectivity index (χ3n) is 3.81. The third-order valence-corrected chi connectivity index (χ3v) is 3.81. The van der Waals surface area contributed by atoms with Crippen molar-refractivity contribution in [1.29, 1.82) is 0 Å². The Bertz CT molecular complexity index is 460. The number of halogens is 1. The molecule has 20 heavy (non-hydrogen) atoms. The smallest absolute Gasteiger partial charge is 0.197 e. The second-order valence-corrected chi connectivity index (χ2v) is 5.06. The normalized spacial score (nSPS) is 16.2. The van der Waals surface area contributed by atoms with E-state index in [1.165, 1.54) is 13.2 Å². The molecule has 1 aromatic rings. The van der Waals surface area contributed by atoms with E-state index in [0.717, 1.165) is 50.3 Å². The predicted molar refractivity (Wildman–Crippen MR) is 77.3 cm³/mol. The topological polar surface area (TPSA) is 33.7 Å². The van der Waals surface area contributed by atoms with E-state index in [1.807, 2.05) is 6.92 Å². The molecule has 1 heterocycles. The van der Waals surface area contributed by atoms with Crippen LogP contribution >= 0.6 is 0 Å². The molecule has 0 saturated carbocycles. The lowest BCUT2D eigenvalue weighted by Gasteiger charge is -2.27. The van der Waals surface area contributed by atoms with E-state index in [0.29, 0.717) is 5.75 Å². The molecule has 0 amide bonds. The summed E-state index contributed by atoms with van der Waals surface area (Å²) in [7, 11) is 3.03. The van der Waals surface area contributed by atoms with Crippen LogP contribution in [0.15, 0.2) is 6.07 Å². The number of rotatable bonds is 5. The van der Waals surface area contributed by atoms with Gasteiger partial charge in [0, 0.05) is 38.3 Å². The van der Waals surface area contributed by atoms with Gasteiger partial charge in [-0.15, -0.1) is 0 Å². The van der Waals surface area contributed by atoms with Crippen molar-refractivity contribution in [3.63, 3.8) is 0 Å². The first-order valence-corrected chi connectivity index (χ1v) is 7.00. The predicted octanol–water partition coefficient (Wildman–Crippen LogP) is 1.60. The molecule has 0 spiro atoms. The van der Waals surface area contributed by atoms with Gasteiger partial charge in [-0.3, -0.25) is 0 Å². The lowest BCUT2D eigenvalue weighted by molar-refractivity contribution is 0.242. The molecule has 112 valence electrons. The molecular weight excluding hydrogens is 259 g/mol. The zero-order valence-electron chi connectivity index (χ0n) is 12.5. The van der Waals surface area contributed by atoms with Crippen molar-refractivity contribution in [2.24, 2.45) is 0 Å². The lowest BCUT2D eigenvalue weighted by atomic mass is 10.0. The Morgan fingerprint density at radius 2 is 1.85 bits per heavy atom. The van der Waals surface area contributed by atoms with Crippen LogP contribution in [-0.2, 0) is 6.42 Å². The molecule has 0 aromatic heterocycles. The van der Waals surface area contributed by atoms with E-state index >= 15 is 0 Å². The van der Waals surface area contributed by atoms with Crippen LogP contribution in [0.1, 0.15) is 11.1 Å². The van der Waals surface area contributed by atoms with Crippen LogP contribution in [0.5, 0.6) is 11.5 Å². The third kappa shape index (κ3) is 3.22. The van der Waals surface area contributed by atoms with E-state index in [2.05, 4.69) is 10.2 Å². The largest absolute Gasteiger partial charge is 0.492 e. The molecular formula is C15H23FN2O2. The molecule has 2 rings (SSSR count). The van der Waals surface area contributed by atoms with Crippen LogP contribution in [0.2, 0.25) is 0 Å². The lowest BCUT2D eigenvalue weighted by Crippen LogP contribution is -2.44. The van der Waals surface area contributed by atoms with E-state index in [9.17, 15) is 4.39 Å². The van der Waals surface area contributed by atoms with Crippen molar-refractivity contribution >= 4 is 0 Å². The van der Waals surface area contributed by atoms with Crippen LogP contribution in [0.25, 0.3) is 0 Å². The van der Waals surface area contributed by atoms with Crippen molar-refractivity contribution in [1.82, 2.24) is 10.2 Å². The number of hydrogen-bond acceptors (Lipinski definition) is 4. The highest BCUT2D eigenvalue weighted by molar-refractivity contribution is 5.51. The molecule has 1 N–H and O–H groups in total. The number of benzene rings is 1. The molecule has 5 heteroatoms. The summed E-state index contributed by atoms with van der Waals surface area (Å²) < 4.78 is 24.4. The Balaban J connectivity index is 2.17. The highest BCUT2D eigenvalue weighted by atomic mass is 19.1. The zero-order chi connectivity index (χ0) is 14.5. The second-order valence-electron chi connectivity index (χ2n) is 5.06. The van der Waals surface area contributed by atoms with Crippen molar-refractivity contribution in [3.05, 3.63) is 23.0 Å². The van der Waals surface area contributed by atoms with Crippen molar-refractivity contribution in [3.8, 4) is 11.5 Å². The SMILES string of the molecule is COc1c(F)cc(C)c(CCN2CCNCC2)c1OC. The summed E-state index contributed by atoms with van der Waals surface area (Å²) in [6.45, 7) is 7.04. The monoisotopic (exact) mass is 282 g/mol. The summed E-state index contributed by atoms with van der Waals surface area (Å²) in [4.78, 5) is 2.41. The van der Waals surface area contributed by atoms with Crippen molar-refractivity contribution in [2.45, 2.75) is 13.3 Å². The Morgan fingerprint density at radius 1 is 1.20 bits per heavy atom. The molecule has 1 fully saturated rings. The summed E-state index contributed by atoms with van der Waals surface area (Å²) in [6.07, 6.45) is 0.839. The van der Waals surface area contributed by atoms with E-state index in [4.69, 9.17) is 9.47 Å². The first-order chi connectivity index (χ1) is 9.67.